The summed E-state index contributed by atoms with van der Waals surface area (Å²) in [6.07, 6.45) is 0. The van der Waals surface area contributed by atoms with Crippen molar-refractivity contribution in [1.82, 2.24) is 0 Å². The fourth-order valence-electron chi connectivity index (χ4n) is 0.714. The molecular formula is C7H2Cl2FKO2. The van der Waals surface area contributed by atoms with Gasteiger partial charge in [0.2, 0.25) is 0 Å². The first-order valence-electron chi connectivity index (χ1n) is 2.89. The van der Waals surface area contributed by atoms with Gasteiger partial charge in [-0.1, -0.05) is 23.2 Å². The van der Waals surface area contributed by atoms with Crippen LogP contribution in [0.4, 0.5) is 4.39 Å². The Morgan fingerprint density at radius 1 is 1.38 bits per heavy atom. The Morgan fingerprint density at radius 2 is 1.92 bits per heavy atom. The number of carboxylic acid groups (broad SMARTS) is 1. The third-order valence-electron chi connectivity index (χ3n) is 1.25. The predicted molar refractivity (Wildman–Crippen MR) is 40.8 cm³/mol. The third kappa shape index (κ3) is 3.16. The first-order chi connectivity index (χ1) is 5.54. The first kappa shape index (κ1) is 13.8. The average molecular weight is 247 g/mol. The second-order valence-corrected chi connectivity index (χ2v) is 2.79. The second-order valence-electron chi connectivity index (χ2n) is 2.01. The van der Waals surface area contributed by atoms with Crippen LogP contribution < -0.4 is 56.5 Å². The van der Waals surface area contributed by atoms with Crippen LogP contribution in [0.3, 0.4) is 0 Å². The van der Waals surface area contributed by atoms with Gasteiger partial charge in [0.05, 0.1) is 16.0 Å². The number of hydrogen-bond acceptors (Lipinski definition) is 2. The molecule has 0 N–H and O–H groups in total. The van der Waals surface area contributed by atoms with Crippen LogP contribution in [-0.4, -0.2) is 5.97 Å². The summed E-state index contributed by atoms with van der Waals surface area (Å²) in [5.74, 6) is -2.43. The number of halogens is 3. The summed E-state index contributed by atoms with van der Waals surface area (Å²) in [6, 6.07) is 2.09. The second kappa shape index (κ2) is 5.65. The Bertz CT molecular complexity index is 344. The Morgan fingerprint density at radius 3 is 2.31 bits per heavy atom. The van der Waals surface area contributed by atoms with E-state index in [1.807, 2.05) is 0 Å². The van der Waals surface area contributed by atoms with Gasteiger partial charge >= 0.3 is 51.4 Å². The van der Waals surface area contributed by atoms with Crippen LogP contribution in [0, 0.1) is 5.82 Å². The number of aromatic carboxylic acids is 1. The molecule has 0 bridgehead atoms. The monoisotopic (exact) mass is 246 g/mol. The number of rotatable bonds is 1. The van der Waals surface area contributed by atoms with Crippen LogP contribution >= 0.6 is 23.2 Å². The number of carboxylic acids is 1. The van der Waals surface area contributed by atoms with E-state index in [2.05, 4.69) is 0 Å². The van der Waals surface area contributed by atoms with Gasteiger partial charge in [-0.2, -0.15) is 0 Å². The molecule has 0 atom stereocenters. The summed E-state index contributed by atoms with van der Waals surface area (Å²) in [6.45, 7) is 0. The number of hydrogen-bond donors (Lipinski definition) is 0. The zero-order valence-corrected chi connectivity index (χ0v) is 11.2. The standard InChI is InChI=1S/C7H3Cl2FO2.K/c8-3-1-2-4(10)6(9)5(3)7(11)12;/h1-2H,(H,11,12);/q;+1/p-1. The molecule has 0 aliphatic carbocycles. The van der Waals surface area contributed by atoms with Gasteiger partial charge in [-0.15, -0.1) is 0 Å². The van der Waals surface area contributed by atoms with E-state index in [1.165, 1.54) is 0 Å². The Hall–Kier alpha value is 0.836. The van der Waals surface area contributed by atoms with Crippen LogP contribution in [0.1, 0.15) is 10.4 Å². The molecule has 0 saturated heterocycles. The van der Waals surface area contributed by atoms with E-state index in [9.17, 15) is 14.3 Å². The maximum absolute atomic E-state index is 12.6. The molecule has 2 nitrogen and oxygen atoms in total. The first-order valence-corrected chi connectivity index (χ1v) is 3.64. The van der Waals surface area contributed by atoms with Crippen molar-refractivity contribution in [3.8, 4) is 0 Å². The van der Waals surface area contributed by atoms with E-state index in [-0.39, 0.29) is 56.4 Å². The molecule has 0 saturated carbocycles. The fraction of sp³-hybridized carbons (Fsp3) is 0. The van der Waals surface area contributed by atoms with E-state index < -0.39 is 22.4 Å². The Kier molecular flexibility index (Phi) is 6.02. The summed E-state index contributed by atoms with van der Waals surface area (Å²) in [5.41, 5.74) is -0.515. The Balaban J connectivity index is 0.00000144. The largest absolute Gasteiger partial charge is 1.00 e. The molecular weight excluding hydrogens is 245 g/mol. The van der Waals surface area contributed by atoms with Crippen LogP contribution in [0.5, 0.6) is 0 Å². The third-order valence-corrected chi connectivity index (χ3v) is 1.93. The van der Waals surface area contributed by atoms with E-state index in [4.69, 9.17) is 23.2 Å². The van der Waals surface area contributed by atoms with Gasteiger partial charge in [0.1, 0.15) is 5.82 Å². The smallest absolute Gasteiger partial charge is 0.545 e. The topological polar surface area (TPSA) is 40.1 Å². The van der Waals surface area contributed by atoms with Crippen LogP contribution in [0.15, 0.2) is 12.1 Å². The number of carbonyl (C=O) groups excluding carboxylic acids is 1. The summed E-state index contributed by atoms with van der Waals surface area (Å²) in [5, 5.41) is 9.69. The average Bonchev–Trinajstić information content (AvgIpc) is 1.97. The molecule has 0 unspecified atom stereocenters. The molecule has 0 spiro atoms. The molecule has 1 aromatic carbocycles. The summed E-state index contributed by atoms with van der Waals surface area (Å²) in [4.78, 5) is 10.3. The summed E-state index contributed by atoms with van der Waals surface area (Å²) >= 11 is 10.7. The Labute approximate surface area is 126 Å². The van der Waals surface area contributed by atoms with Crippen molar-refractivity contribution in [1.29, 1.82) is 0 Å². The predicted octanol–water partition coefficient (Wildman–Crippen LogP) is -1.50. The molecule has 0 radical (unpaired) electrons. The zero-order chi connectivity index (χ0) is 9.30. The van der Waals surface area contributed by atoms with Crippen LogP contribution in [0.2, 0.25) is 10.0 Å². The summed E-state index contributed by atoms with van der Waals surface area (Å²) < 4.78 is 12.6. The van der Waals surface area contributed by atoms with Gasteiger partial charge in [0.25, 0.3) is 0 Å². The minimum atomic E-state index is -1.59. The molecule has 0 aliphatic heterocycles. The maximum atomic E-state index is 12.6. The van der Waals surface area contributed by atoms with E-state index in [0.29, 0.717) is 0 Å². The van der Waals surface area contributed by atoms with Crippen molar-refractivity contribution in [2.75, 3.05) is 0 Å². The zero-order valence-electron chi connectivity index (χ0n) is 6.61. The molecule has 13 heavy (non-hydrogen) atoms. The molecule has 64 valence electrons. The van der Waals surface area contributed by atoms with Crippen molar-refractivity contribution in [2.24, 2.45) is 0 Å². The SMILES string of the molecule is O=C([O-])c1c(Cl)ccc(F)c1Cl.[K+]. The normalized spacial score (nSPS) is 9.15. The van der Waals surface area contributed by atoms with E-state index >= 15 is 0 Å². The van der Waals surface area contributed by atoms with Crippen molar-refractivity contribution in [3.05, 3.63) is 33.6 Å². The van der Waals surface area contributed by atoms with E-state index in [1.54, 1.807) is 0 Å². The van der Waals surface area contributed by atoms with Crippen molar-refractivity contribution in [2.45, 2.75) is 0 Å². The van der Waals surface area contributed by atoms with Gasteiger partial charge < -0.3 is 9.90 Å². The maximum Gasteiger partial charge on any atom is 1.00 e. The quantitative estimate of drug-likeness (QED) is 0.447. The molecule has 0 amide bonds. The minimum Gasteiger partial charge on any atom is -0.545 e. The van der Waals surface area contributed by atoms with Gasteiger partial charge in [0.15, 0.2) is 0 Å². The van der Waals surface area contributed by atoms with Crippen LogP contribution in [0.25, 0.3) is 0 Å². The van der Waals surface area contributed by atoms with E-state index in [0.717, 1.165) is 12.1 Å². The summed E-state index contributed by atoms with van der Waals surface area (Å²) in [7, 11) is 0. The van der Waals surface area contributed by atoms with Gasteiger partial charge in [0, 0.05) is 5.56 Å². The molecule has 1 rings (SSSR count). The fourth-order valence-corrected chi connectivity index (χ4v) is 1.24. The van der Waals surface area contributed by atoms with Crippen molar-refractivity contribution < 1.29 is 65.7 Å². The van der Waals surface area contributed by atoms with Crippen LogP contribution in [-0.2, 0) is 0 Å². The van der Waals surface area contributed by atoms with Gasteiger partial charge in [-0.25, -0.2) is 4.39 Å². The molecule has 6 heteroatoms. The minimum absolute atomic E-state index is 0. The van der Waals surface area contributed by atoms with Crippen molar-refractivity contribution in [3.63, 3.8) is 0 Å². The van der Waals surface area contributed by atoms with Gasteiger partial charge in [-0.3, -0.25) is 0 Å². The van der Waals surface area contributed by atoms with Gasteiger partial charge in [-0.05, 0) is 12.1 Å². The van der Waals surface area contributed by atoms with Crippen molar-refractivity contribution >= 4 is 29.2 Å². The molecule has 1 aromatic rings. The molecule has 0 aromatic heterocycles. The number of carbonyl (C=O) groups is 1. The molecule has 0 aliphatic rings. The number of benzene rings is 1. The molecule has 0 fully saturated rings. The molecule has 0 heterocycles.